The molecule has 2 aromatic carbocycles. The Kier molecular flexibility index (Phi) is 4.63. The first-order valence-corrected chi connectivity index (χ1v) is 6.74. The van der Waals surface area contributed by atoms with E-state index in [-0.39, 0.29) is 0 Å². The molecule has 0 bridgehead atoms. The van der Waals surface area contributed by atoms with E-state index in [2.05, 4.69) is 20.7 Å². The summed E-state index contributed by atoms with van der Waals surface area (Å²) in [6.45, 7) is 0.369. The predicted molar refractivity (Wildman–Crippen MR) is 80.7 cm³/mol. The van der Waals surface area contributed by atoms with Crippen molar-refractivity contribution < 1.29 is 14.3 Å². The van der Waals surface area contributed by atoms with Gasteiger partial charge in [-0.2, -0.15) is 0 Å². The number of hydrogen-bond donors (Lipinski definition) is 1. The van der Waals surface area contributed by atoms with Gasteiger partial charge in [-0.3, -0.25) is 0 Å². The fraction of sp³-hybridized carbons (Fsp3) is 0.133. The van der Waals surface area contributed by atoms with Crippen LogP contribution in [0, 0.1) is 0 Å². The molecule has 0 aromatic heterocycles. The lowest BCUT2D eigenvalue weighted by molar-refractivity contribution is 0.0600. The molecule has 20 heavy (non-hydrogen) atoms. The van der Waals surface area contributed by atoms with Crippen LogP contribution in [0.1, 0.15) is 15.9 Å². The molecule has 0 atom stereocenters. The molecule has 0 aliphatic heterocycles. The largest absolute Gasteiger partial charge is 0.487 e. The highest BCUT2D eigenvalue weighted by molar-refractivity contribution is 9.10. The summed E-state index contributed by atoms with van der Waals surface area (Å²) in [7, 11) is 1.33. The lowest BCUT2D eigenvalue weighted by Gasteiger charge is -2.10. The average Bonchev–Trinajstić information content (AvgIpc) is 2.45. The molecule has 5 heteroatoms. The van der Waals surface area contributed by atoms with Crippen LogP contribution >= 0.6 is 15.9 Å². The van der Waals surface area contributed by atoms with E-state index in [0.717, 1.165) is 10.0 Å². The Bertz CT molecular complexity index is 628. The molecule has 104 valence electrons. The minimum Gasteiger partial charge on any atom is -0.487 e. The van der Waals surface area contributed by atoms with Gasteiger partial charge in [0.1, 0.15) is 12.4 Å². The Morgan fingerprint density at radius 2 is 2.05 bits per heavy atom. The van der Waals surface area contributed by atoms with E-state index in [1.165, 1.54) is 7.11 Å². The lowest BCUT2D eigenvalue weighted by atomic mass is 10.2. The Morgan fingerprint density at radius 1 is 1.25 bits per heavy atom. The summed E-state index contributed by atoms with van der Waals surface area (Å²) in [6, 6.07) is 12.6. The normalized spacial score (nSPS) is 10.1. The van der Waals surface area contributed by atoms with Gasteiger partial charge in [0.05, 0.1) is 18.4 Å². The minimum atomic E-state index is -0.419. The number of methoxy groups -OCH3 is 1. The van der Waals surface area contributed by atoms with Crippen LogP contribution in [0.3, 0.4) is 0 Å². The van der Waals surface area contributed by atoms with E-state index in [4.69, 9.17) is 10.5 Å². The number of carbonyl (C=O) groups excluding carboxylic acids is 1. The Morgan fingerprint density at radius 3 is 2.75 bits per heavy atom. The van der Waals surface area contributed by atoms with Gasteiger partial charge in [-0.1, -0.05) is 28.1 Å². The third kappa shape index (κ3) is 3.51. The second kappa shape index (κ2) is 6.43. The van der Waals surface area contributed by atoms with Crippen molar-refractivity contribution in [3.8, 4) is 5.75 Å². The van der Waals surface area contributed by atoms with Crippen LogP contribution in [0.2, 0.25) is 0 Å². The second-order valence-corrected chi connectivity index (χ2v) is 5.08. The first-order chi connectivity index (χ1) is 9.60. The topological polar surface area (TPSA) is 61.5 Å². The Balaban J connectivity index is 2.14. The van der Waals surface area contributed by atoms with Crippen molar-refractivity contribution in [3.05, 3.63) is 58.1 Å². The number of benzene rings is 2. The number of halogens is 1. The van der Waals surface area contributed by atoms with E-state index in [1.54, 1.807) is 18.2 Å². The highest BCUT2D eigenvalue weighted by atomic mass is 79.9. The van der Waals surface area contributed by atoms with Crippen LogP contribution in [0.4, 0.5) is 5.69 Å². The number of hydrogen-bond acceptors (Lipinski definition) is 4. The summed E-state index contributed by atoms with van der Waals surface area (Å²) in [5, 5.41) is 0. The fourth-order valence-electron chi connectivity index (χ4n) is 1.69. The molecule has 0 amide bonds. The summed E-state index contributed by atoms with van der Waals surface area (Å²) in [6.07, 6.45) is 0. The Hall–Kier alpha value is -2.01. The molecule has 0 saturated carbocycles. The summed E-state index contributed by atoms with van der Waals surface area (Å²) in [4.78, 5) is 11.5. The van der Waals surface area contributed by atoms with Crippen LogP contribution in [-0.4, -0.2) is 13.1 Å². The summed E-state index contributed by atoms with van der Waals surface area (Å²) >= 11 is 3.40. The van der Waals surface area contributed by atoms with Gasteiger partial charge in [0.2, 0.25) is 0 Å². The number of esters is 1. The van der Waals surface area contributed by atoms with Gasteiger partial charge in [0.15, 0.2) is 0 Å². The molecular weight excluding hydrogens is 322 g/mol. The molecule has 0 heterocycles. The number of anilines is 1. The first kappa shape index (κ1) is 14.4. The standard InChI is InChI=1S/C15H14BrNO3/c1-19-15(18)11-5-6-13(17)14(8-11)20-9-10-3-2-4-12(16)7-10/h2-8H,9,17H2,1H3. The van der Waals surface area contributed by atoms with Gasteiger partial charge in [-0.15, -0.1) is 0 Å². The zero-order chi connectivity index (χ0) is 14.5. The van der Waals surface area contributed by atoms with E-state index < -0.39 is 5.97 Å². The van der Waals surface area contributed by atoms with Crippen molar-refractivity contribution in [3.63, 3.8) is 0 Å². The van der Waals surface area contributed by atoms with Crippen molar-refractivity contribution in [1.29, 1.82) is 0 Å². The van der Waals surface area contributed by atoms with Gasteiger partial charge in [0, 0.05) is 4.47 Å². The Labute approximate surface area is 125 Å². The molecular formula is C15H14BrNO3. The van der Waals surface area contributed by atoms with Gasteiger partial charge in [-0.05, 0) is 35.9 Å². The molecule has 0 aliphatic carbocycles. The van der Waals surface area contributed by atoms with Crippen LogP contribution in [0.25, 0.3) is 0 Å². The SMILES string of the molecule is COC(=O)c1ccc(N)c(OCc2cccc(Br)c2)c1. The molecule has 0 aliphatic rings. The number of nitrogen functional groups attached to an aromatic ring is 1. The first-order valence-electron chi connectivity index (χ1n) is 5.95. The molecule has 0 unspecified atom stereocenters. The van der Waals surface area contributed by atoms with Gasteiger partial charge >= 0.3 is 5.97 Å². The van der Waals surface area contributed by atoms with Crippen molar-refractivity contribution in [2.75, 3.05) is 12.8 Å². The monoisotopic (exact) mass is 335 g/mol. The van der Waals surface area contributed by atoms with Crippen molar-refractivity contribution in [2.24, 2.45) is 0 Å². The molecule has 2 rings (SSSR count). The maximum Gasteiger partial charge on any atom is 0.337 e. The lowest BCUT2D eigenvalue weighted by Crippen LogP contribution is -2.04. The van der Waals surface area contributed by atoms with Crippen molar-refractivity contribution in [1.82, 2.24) is 0 Å². The van der Waals surface area contributed by atoms with Gasteiger partial charge in [-0.25, -0.2) is 4.79 Å². The number of rotatable bonds is 4. The molecule has 0 spiro atoms. The number of nitrogens with two attached hydrogens (primary N) is 1. The average molecular weight is 336 g/mol. The van der Waals surface area contributed by atoms with Crippen LogP contribution in [0.5, 0.6) is 5.75 Å². The summed E-state index contributed by atoms with van der Waals surface area (Å²) < 4.78 is 11.3. The molecule has 2 aromatic rings. The van der Waals surface area contributed by atoms with E-state index in [9.17, 15) is 4.79 Å². The highest BCUT2D eigenvalue weighted by Gasteiger charge is 2.09. The summed E-state index contributed by atoms with van der Waals surface area (Å²) in [5.74, 6) is 0.0465. The highest BCUT2D eigenvalue weighted by Crippen LogP contribution is 2.24. The van der Waals surface area contributed by atoms with Crippen molar-refractivity contribution in [2.45, 2.75) is 6.61 Å². The summed E-state index contributed by atoms with van der Waals surface area (Å²) in [5.41, 5.74) is 7.73. The minimum absolute atomic E-state index is 0.369. The third-order valence-electron chi connectivity index (χ3n) is 2.72. The maximum absolute atomic E-state index is 11.5. The van der Waals surface area contributed by atoms with E-state index in [0.29, 0.717) is 23.6 Å². The zero-order valence-electron chi connectivity index (χ0n) is 10.9. The predicted octanol–water partition coefficient (Wildman–Crippen LogP) is 3.40. The number of carbonyl (C=O) groups is 1. The molecule has 0 fully saturated rings. The van der Waals surface area contributed by atoms with Crippen LogP contribution in [0.15, 0.2) is 46.9 Å². The quantitative estimate of drug-likeness (QED) is 0.687. The van der Waals surface area contributed by atoms with Crippen LogP contribution in [-0.2, 0) is 11.3 Å². The number of ether oxygens (including phenoxy) is 2. The molecule has 2 N–H and O–H groups in total. The fourth-order valence-corrected chi connectivity index (χ4v) is 2.14. The third-order valence-corrected chi connectivity index (χ3v) is 3.21. The van der Waals surface area contributed by atoms with Gasteiger partial charge < -0.3 is 15.2 Å². The molecule has 4 nitrogen and oxygen atoms in total. The second-order valence-electron chi connectivity index (χ2n) is 4.16. The van der Waals surface area contributed by atoms with Crippen LogP contribution < -0.4 is 10.5 Å². The van der Waals surface area contributed by atoms with Gasteiger partial charge in [0.25, 0.3) is 0 Å². The van der Waals surface area contributed by atoms with Crippen molar-refractivity contribution >= 4 is 27.6 Å². The van der Waals surface area contributed by atoms with E-state index >= 15 is 0 Å². The molecule has 0 saturated heterocycles. The maximum atomic E-state index is 11.5. The zero-order valence-corrected chi connectivity index (χ0v) is 12.5. The smallest absolute Gasteiger partial charge is 0.337 e. The van der Waals surface area contributed by atoms with E-state index in [1.807, 2.05) is 24.3 Å². The molecule has 0 radical (unpaired) electrons.